The van der Waals surface area contributed by atoms with Crippen molar-refractivity contribution in [3.05, 3.63) is 0 Å². The minimum atomic E-state index is -0.293. The van der Waals surface area contributed by atoms with Gasteiger partial charge in [-0.1, -0.05) is 20.8 Å². The van der Waals surface area contributed by atoms with Crippen molar-refractivity contribution in [1.29, 1.82) is 0 Å². The molecule has 0 spiro atoms. The molecule has 1 heterocycles. The lowest BCUT2D eigenvalue weighted by atomic mass is 9.80. The molecule has 2 aliphatic rings. The largest absolute Gasteiger partial charge is 0.303 e. The summed E-state index contributed by atoms with van der Waals surface area (Å²) in [5, 5.41) is 3.46. The molecule has 0 radical (unpaired) electrons. The number of imide groups is 1. The highest BCUT2D eigenvalue weighted by Crippen LogP contribution is 2.29. The van der Waals surface area contributed by atoms with E-state index in [1.54, 1.807) is 0 Å². The highest BCUT2D eigenvalue weighted by molar-refractivity contribution is 6.05. The van der Waals surface area contributed by atoms with E-state index in [9.17, 15) is 9.59 Å². The number of carbonyl (C=O) groups is 2. The van der Waals surface area contributed by atoms with Crippen LogP contribution in [-0.4, -0.2) is 34.8 Å². The van der Waals surface area contributed by atoms with Crippen molar-refractivity contribution >= 4 is 11.8 Å². The average molecular weight is 280 g/mol. The second-order valence-corrected chi connectivity index (χ2v) is 6.90. The molecule has 4 heteroatoms. The van der Waals surface area contributed by atoms with Crippen LogP contribution in [-0.2, 0) is 9.59 Å². The third-order valence-electron chi connectivity index (χ3n) is 4.83. The van der Waals surface area contributed by atoms with Gasteiger partial charge in [-0.05, 0) is 44.4 Å². The maximum atomic E-state index is 12.4. The Balaban J connectivity index is 1.97. The maximum Gasteiger partial charge on any atom is 0.247 e. The summed E-state index contributed by atoms with van der Waals surface area (Å²) in [6.07, 6.45) is 4.66. The first kappa shape index (κ1) is 15.5. The van der Waals surface area contributed by atoms with Gasteiger partial charge in [-0.3, -0.25) is 14.5 Å². The van der Waals surface area contributed by atoms with E-state index in [0.717, 1.165) is 19.3 Å². The van der Waals surface area contributed by atoms with Gasteiger partial charge in [0.2, 0.25) is 11.8 Å². The highest BCUT2D eigenvalue weighted by atomic mass is 16.2. The Kier molecular flexibility index (Phi) is 4.84. The molecule has 20 heavy (non-hydrogen) atoms. The minimum Gasteiger partial charge on any atom is -0.303 e. The van der Waals surface area contributed by atoms with E-state index in [1.165, 1.54) is 11.3 Å². The Bertz CT molecular complexity index is 373. The molecule has 4 atom stereocenters. The van der Waals surface area contributed by atoms with Crippen LogP contribution in [0.4, 0.5) is 0 Å². The fourth-order valence-electron chi connectivity index (χ4n) is 3.79. The van der Waals surface area contributed by atoms with Crippen LogP contribution < -0.4 is 5.32 Å². The van der Waals surface area contributed by atoms with Crippen molar-refractivity contribution < 1.29 is 9.59 Å². The van der Waals surface area contributed by atoms with Crippen LogP contribution in [0.3, 0.4) is 0 Å². The number of rotatable bonds is 4. The van der Waals surface area contributed by atoms with Gasteiger partial charge in [0.05, 0.1) is 12.5 Å². The van der Waals surface area contributed by atoms with Crippen molar-refractivity contribution in [2.24, 2.45) is 11.8 Å². The molecule has 0 aromatic heterocycles. The zero-order chi connectivity index (χ0) is 14.9. The van der Waals surface area contributed by atoms with Crippen LogP contribution in [0.25, 0.3) is 0 Å². The predicted octanol–water partition coefficient (Wildman–Crippen LogP) is 2.33. The number of hydrogen-bond acceptors (Lipinski definition) is 3. The van der Waals surface area contributed by atoms with Gasteiger partial charge >= 0.3 is 0 Å². The molecule has 0 aromatic carbocycles. The molecule has 1 saturated carbocycles. The lowest BCUT2D eigenvalue weighted by Crippen LogP contribution is -2.47. The standard InChI is InChI=1S/C16H28N2O2/c1-5-12(4)18-15(19)9-14(16(18)20)17-13-7-10(2)6-11(3)8-13/h10-14,17H,5-9H2,1-4H3. The lowest BCUT2D eigenvalue weighted by Gasteiger charge is -2.33. The van der Waals surface area contributed by atoms with Gasteiger partial charge < -0.3 is 5.32 Å². The third kappa shape index (κ3) is 3.22. The van der Waals surface area contributed by atoms with E-state index in [2.05, 4.69) is 19.2 Å². The molecule has 1 N–H and O–H groups in total. The number of nitrogens with one attached hydrogen (secondary N) is 1. The monoisotopic (exact) mass is 280 g/mol. The molecule has 4 unspecified atom stereocenters. The van der Waals surface area contributed by atoms with Crippen LogP contribution >= 0.6 is 0 Å². The maximum absolute atomic E-state index is 12.4. The molecule has 2 rings (SSSR count). The number of carbonyl (C=O) groups excluding carboxylic acids is 2. The molecule has 2 fully saturated rings. The van der Waals surface area contributed by atoms with E-state index in [0.29, 0.717) is 24.3 Å². The molecule has 4 nitrogen and oxygen atoms in total. The van der Waals surface area contributed by atoms with Crippen LogP contribution in [0.1, 0.15) is 59.8 Å². The van der Waals surface area contributed by atoms with E-state index >= 15 is 0 Å². The fourth-order valence-corrected chi connectivity index (χ4v) is 3.79. The van der Waals surface area contributed by atoms with Gasteiger partial charge in [0, 0.05) is 12.1 Å². The van der Waals surface area contributed by atoms with Gasteiger partial charge in [-0.2, -0.15) is 0 Å². The van der Waals surface area contributed by atoms with E-state index in [4.69, 9.17) is 0 Å². The number of likely N-dealkylation sites (tertiary alicyclic amines) is 1. The Labute approximate surface area is 122 Å². The van der Waals surface area contributed by atoms with Crippen LogP contribution in [0.5, 0.6) is 0 Å². The fraction of sp³-hybridized carbons (Fsp3) is 0.875. The average Bonchev–Trinajstić information content (AvgIpc) is 2.62. The van der Waals surface area contributed by atoms with Crippen molar-refractivity contribution in [2.75, 3.05) is 0 Å². The first-order valence-electron chi connectivity index (χ1n) is 8.04. The zero-order valence-electron chi connectivity index (χ0n) is 13.2. The van der Waals surface area contributed by atoms with Gasteiger partial charge in [-0.25, -0.2) is 0 Å². The lowest BCUT2D eigenvalue weighted by molar-refractivity contribution is -0.141. The van der Waals surface area contributed by atoms with Crippen molar-refractivity contribution in [2.45, 2.75) is 77.9 Å². The molecule has 0 bridgehead atoms. The summed E-state index contributed by atoms with van der Waals surface area (Å²) in [5.41, 5.74) is 0. The summed E-state index contributed by atoms with van der Waals surface area (Å²) in [7, 11) is 0. The Morgan fingerprint density at radius 2 is 1.80 bits per heavy atom. The number of hydrogen-bond donors (Lipinski definition) is 1. The normalized spacial score (nSPS) is 36.5. The third-order valence-corrected chi connectivity index (χ3v) is 4.83. The van der Waals surface area contributed by atoms with Crippen LogP contribution in [0.15, 0.2) is 0 Å². The number of nitrogens with zero attached hydrogens (tertiary/aromatic N) is 1. The Hall–Kier alpha value is -0.900. The molecule has 1 aliphatic heterocycles. The Morgan fingerprint density at radius 1 is 1.20 bits per heavy atom. The van der Waals surface area contributed by atoms with Crippen LogP contribution in [0, 0.1) is 11.8 Å². The molecule has 114 valence electrons. The quantitative estimate of drug-likeness (QED) is 0.804. The number of amides is 2. The van der Waals surface area contributed by atoms with Gasteiger partial charge in [0.15, 0.2) is 0 Å². The summed E-state index contributed by atoms with van der Waals surface area (Å²) >= 11 is 0. The summed E-state index contributed by atoms with van der Waals surface area (Å²) in [6.45, 7) is 8.51. The molecular formula is C16H28N2O2. The second-order valence-electron chi connectivity index (χ2n) is 6.90. The van der Waals surface area contributed by atoms with Crippen molar-refractivity contribution in [3.63, 3.8) is 0 Å². The first-order valence-corrected chi connectivity index (χ1v) is 8.04. The van der Waals surface area contributed by atoms with E-state index in [-0.39, 0.29) is 23.9 Å². The summed E-state index contributed by atoms with van der Waals surface area (Å²) in [5.74, 6) is 1.37. The molecule has 2 amide bonds. The van der Waals surface area contributed by atoms with E-state index < -0.39 is 0 Å². The van der Waals surface area contributed by atoms with E-state index in [1.807, 2.05) is 13.8 Å². The molecule has 1 aliphatic carbocycles. The van der Waals surface area contributed by atoms with Crippen LogP contribution in [0.2, 0.25) is 0 Å². The molecule has 0 aromatic rings. The summed E-state index contributed by atoms with van der Waals surface area (Å²) < 4.78 is 0. The predicted molar refractivity (Wildman–Crippen MR) is 79.1 cm³/mol. The first-order chi connectivity index (χ1) is 9.42. The SMILES string of the molecule is CCC(C)N1C(=O)CC(NC2CC(C)CC(C)C2)C1=O. The van der Waals surface area contributed by atoms with Crippen molar-refractivity contribution in [1.82, 2.24) is 10.2 Å². The zero-order valence-corrected chi connectivity index (χ0v) is 13.2. The van der Waals surface area contributed by atoms with Gasteiger partial charge in [0.1, 0.15) is 0 Å². The van der Waals surface area contributed by atoms with Gasteiger partial charge in [0.25, 0.3) is 0 Å². The smallest absolute Gasteiger partial charge is 0.247 e. The highest BCUT2D eigenvalue weighted by Gasteiger charge is 2.41. The summed E-state index contributed by atoms with van der Waals surface area (Å²) in [4.78, 5) is 25.9. The second kappa shape index (κ2) is 6.25. The Morgan fingerprint density at radius 3 is 2.35 bits per heavy atom. The minimum absolute atomic E-state index is 0.0150. The topological polar surface area (TPSA) is 49.4 Å². The summed E-state index contributed by atoms with van der Waals surface area (Å²) in [6, 6.07) is 0.109. The van der Waals surface area contributed by atoms with Gasteiger partial charge in [-0.15, -0.1) is 0 Å². The molecular weight excluding hydrogens is 252 g/mol. The molecule has 1 saturated heterocycles. The van der Waals surface area contributed by atoms with Crippen molar-refractivity contribution in [3.8, 4) is 0 Å².